The summed E-state index contributed by atoms with van der Waals surface area (Å²) in [6.07, 6.45) is -4.65. The summed E-state index contributed by atoms with van der Waals surface area (Å²) in [6.45, 7) is 4.42. The quantitative estimate of drug-likeness (QED) is 0.296. The first-order valence-electron chi connectivity index (χ1n) is 3.77. The molecule has 0 heterocycles. The van der Waals surface area contributed by atoms with Crippen LogP contribution < -0.4 is 0 Å². The van der Waals surface area contributed by atoms with Gasteiger partial charge in [-0.25, -0.2) is 14.4 Å². The monoisotopic (exact) mass is 218 g/mol. The van der Waals surface area contributed by atoms with Crippen LogP contribution in [0.3, 0.4) is 0 Å². The molecule has 0 saturated heterocycles. The molecule has 0 amide bonds. The van der Waals surface area contributed by atoms with Crippen LogP contribution in [-0.4, -0.2) is 45.4 Å². The van der Waals surface area contributed by atoms with E-state index in [1.54, 1.807) is 0 Å². The second kappa shape index (κ2) is 5.23. The van der Waals surface area contributed by atoms with Gasteiger partial charge in [-0.15, -0.1) is 0 Å². The fraction of sp³-hybridized carbons (Fsp3) is 0.375. The number of rotatable bonds is 4. The minimum atomic E-state index is -2.34. The van der Waals surface area contributed by atoms with Crippen molar-refractivity contribution in [3.8, 4) is 0 Å². The molecule has 0 aromatic carbocycles. The molecular weight excluding hydrogens is 208 g/mol. The molecule has 0 rings (SSSR count). The normalized spacial score (nSPS) is 13.8. The van der Waals surface area contributed by atoms with Gasteiger partial charge >= 0.3 is 17.9 Å². The number of carbonyl (C=O) groups excluding carboxylic acids is 2. The summed E-state index contributed by atoms with van der Waals surface area (Å²) in [4.78, 5) is 31.8. The van der Waals surface area contributed by atoms with Crippen molar-refractivity contribution in [2.75, 3.05) is 0 Å². The zero-order chi connectivity index (χ0) is 12.2. The van der Waals surface area contributed by atoms with Crippen molar-refractivity contribution in [1.29, 1.82) is 0 Å². The molecule has 0 aromatic heterocycles. The molecule has 7 nitrogen and oxygen atoms in total. The summed E-state index contributed by atoms with van der Waals surface area (Å²) in [5.41, 5.74) is -0.0969. The number of aliphatic carboxylic acids is 1. The SMILES string of the molecule is C=C(C)C(=O)OC(=O)C(O)C(O)C(=O)O. The summed E-state index contributed by atoms with van der Waals surface area (Å²) in [5, 5.41) is 25.9. The van der Waals surface area contributed by atoms with Crippen molar-refractivity contribution in [2.24, 2.45) is 0 Å². The van der Waals surface area contributed by atoms with Gasteiger partial charge in [-0.1, -0.05) is 6.58 Å². The first kappa shape index (κ1) is 13.3. The molecule has 0 saturated carbocycles. The van der Waals surface area contributed by atoms with Crippen LogP contribution in [0.5, 0.6) is 0 Å². The lowest BCUT2D eigenvalue weighted by molar-refractivity contribution is -0.174. The number of carbonyl (C=O) groups is 3. The molecule has 0 spiro atoms. The minimum Gasteiger partial charge on any atom is -0.479 e. The van der Waals surface area contributed by atoms with Gasteiger partial charge in [0, 0.05) is 5.57 Å². The number of hydrogen-bond donors (Lipinski definition) is 3. The van der Waals surface area contributed by atoms with Gasteiger partial charge in [0.05, 0.1) is 0 Å². The van der Waals surface area contributed by atoms with E-state index < -0.39 is 30.1 Å². The fourth-order valence-corrected chi connectivity index (χ4v) is 0.503. The summed E-state index contributed by atoms with van der Waals surface area (Å²) < 4.78 is 3.99. The smallest absolute Gasteiger partial charge is 0.346 e. The van der Waals surface area contributed by atoms with Crippen molar-refractivity contribution >= 4 is 17.9 Å². The molecule has 0 aliphatic rings. The maximum atomic E-state index is 10.8. The van der Waals surface area contributed by atoms with Crippen LogP contribution in [0.25, 0.3) is 0 Å². The van der Waals surface area contributed by atoms with Crippen LogP contribution >= 0.6 is 0 Å². The molecule has 0 aliphatic heterocycles. The van der Waals surface area contributed by atoms with E-state index in [2.05, 4.69) is 11.3 Å². The third-order valence-corrected chi connectivity index (χ3v) is 1.34. The third kappa shape index (κ3) is 3.88. The maximum absolute atomic E-state index is 10.8. The van der Waals surface area contributed by atoms with Crippen LogP contribution in [0, 0.1) is 0 Å². The van der Waals surface area contributed by atoms with Crippen LogP contribution in [-0.2, 0) is 19.1 Å². The number of aliphatic hydroxyl groups is 2. The molecule has 0 aliphatic carbocycles. The van der Waals surface area contributed by atoms with E-state index in [1.165, 1.54) is 6.92 Å². The van der Waals surface area contributed by atoms with Crippen molar-refractivity contribution in [1.82, 2.24) is 0 Å². The molecule has 0 fully saturated rings. The zero-order valence-electron chi connectivity index (χ0n) is 7.84. The van der Waals surface area contributed by atoms with Gasteiger partial charge in [0.1, 0.15) is 0 Å². The Bertz CT molecular complexity index is 306. The van der Waals surface area contributed by atoms with E-state index in [9.17, 15) is 14.4 Å². The van der Waals surface area contributed by atoms with E-state index in [0.29, 0.717) is 0 Å². The zero-order valence-corrected chi connectivity index (χ0v) is 7.84. The average molecular weight is 218 g/mol. The largest absolute Gasteiger partial charge is 0.479 e. The molecule has 2 unspecified atom stereocenters. The summed E-state index contributed by atoms with van der Waals surface area (Å²) in [6, 6.07) is 0. The first-order valence-corrected chi connectivity index (χ1v) is 3.77. The van der Waals surface area contributed by atoms with Gasteiger partial charge in [-0.05, 0) is 6.92 Å². The number of carboxylic acid groups (broad SMARTS) is 1. The highest BCUT2D eigenvalue weighted by Gasteiger charge is 2.32. The highest BCUT2D eigenvalue weighted by atomic mass is 16.6. The molecule has 0 radical (unpaired) electrons. The Morgan fingerprint density at radius 3 is 2.00 bits per heavy atom. The predicted molar refractivity (Wildman–Crippen MR) is 45.6 cm³/mol. The van der Waals surface area contributed by atoms with Crippen molar-refractivity contribution in [3.63, 3.8) is 0 Å². The molecule has 15 heavy (non-hydrogen) atoms. The second-order valence-electron chi connectivity index (χ2n) is 2.72. The van der Waals surface area contributed by atoms with Gasteiger partial charge in [-0.2, -0.15) is 0 Å². The first-order chi connectivity index (χ1) is 6.77. The number of ether oxygens (including phenoxy) is 1. The molecule has 84 valence electrons. The van der Waals surface area contributed by atoms with Gasteiger partial charge in [0.25, 0.3) is 0 Å². The maximum Gasteiger partial charge on any atom is 0.346 e. The topological polar surface area (TPSA) is 121 Å². The molecule has 0 aromatic rings. The highest BCUT2D eigenvalue weighted by molar-refractivity contribution is 5.97. The van der Waals surface area contributed by atoms with Crippen LogP contribution in [0.4, 0.5) is 0 Å². The Balaban J connectivity index is 4.40. The van der Waals surface area contributed by atoms with Crippen molar-refractivity contribution < 1.29 is 34.4 Å². The van der Waals surface area contributed by atoms with Gasteiger partial charge in [0.15, 0.2) is 12.2 Å². The minimum absolute atomic E-state index is 0.0969. The fourth-order valence-electron chi connectivity index (χ4n) is 0.503. The summed E-state index contributed by atoms with van der Waals surface area (Å²) in [5.74, 6) is -4.45. The molecule has 0 bridgehead atoms. The number of esters is 2. The Morgan fingerprint density at radius 2 is 1.67 bits per heavy atom. The van der Waals surface area contributed by atoms with Crippen molar-refractivity contribution in [3.05, 3.63) is 12.2 Å². The lowest BCUT2D eigenvalue weighted by atomic mass is 10.2. The van der Waals surface area contributed by atoms with E-state index >= 15 is 0 Å². The number of carboxylic acids is 1. The number of aliphatic hydroxyl groups excluding tert-OH is 2. The van der Waals surface area contributed by atoms with E-state index in [-0.39, 0.29) is 5.57 Å². The van der Waals surface area contributed by atoms with Gasteiger partial charge in [-0.3, -0.25) is 0 Å². The number of hydrogen-bond acceptors (Lipinski definition) is 6. The van der Waals surface area contributed by atoms with Crippen LogP contribution in [0.15, 0.2) is 12.2 Å². The average Bonchev–Trinajstić information content (AvgIpc) is 2.14. The molecule has 3 N–H and O–H groups in total. The lowest BCUT2D eigenvalue weighted by Gasteiger charge is -2.11. The Hall–Kier alpha value is -1.73. The van der Waals surface area contributed by atoms with E-state index in [1.807, 2.05) is 0 Å². The standard InChI is InChI=1S/C8H10O7/c1-3(2)7(13)15-8(14)5(10)4(9)6(11)12/h4-5,9-10H,1H2,2H3,(H,11,12). The van der Waals surface area contributed by atoms with Gasteiger partial charge < -0.3 is 20.1 Å². The second-order valence-corrected chi connectivity index (χ2v) is 2.72. The predicted octanol–water partition coefficient (Wildman–Crippen LogP) is -1.56. The van der Waals surface area contributed by atoms with Crippen LogP contribution in [0.1, 0.15) is 6.92 Å². The van der Waals surface area contributed by atoms with Gasteiger partial charge in [0.2, 0.25) is 0 Å². The molecule has 2 atom stereocenters. The lowest BCUT2D eigenvalue weighted by Crippen LogP contribution is -2.41. The molecule has 7 heteroatoms. The summed E-state index contributed by atoms with van der Waals surface area (Å²) in [7, 11) is 0. The molecular formula is C8H10O7. The Kier molecular flexibility index (Phi) is 4.62. The summed E-state index contributed by atoms with van der Waals surface area (Å²) >= 11 is 0. The highest BCUT2D eigenvalue weighted by Crippen LogP contribution is 2.00. The van der Waals surface area contributed by atoms with Crippen LogP contribution in [0.2, 0.25) is 0 Å². The van der Waals surface area contributed by atoms with E-state index in [0.717, 1.165) is 0 Å². The Labute approximate surface area is 84.6 Å². The van der Waals surface area contributed by atoms with E-state index in [4.69, 9.17) is 15.3 Å². The third-order valence-electron chi connectivity index (χ3n) is 1.34. The van der Waals surface area contributed by atoms with Crippen molar-refractivity contribution in [2.45, 2.75) is 19.1 Å². The Morgan fingerprint density at radius 1 is 1.20 bits per heavy atom.